The van der Waals surface area contributed by atoms with Gasteiger partial charge in [-0.05, 0) is 39.0 Å². The fourth-order valence-electron chi connectivity index (χ4n) is 2.19. The van der Waals surface area contributed by atoms with Crippen molar-refractivity contribution >= 4 is 5.91 Å². The number of nitrogens with one attached hydrogen (secondary N) is 1. The van der Waals surface area contributed by atoms with Crippen molar-refractivity contribution < 1.29 is 4.79 Å². The fourth-order valence-corrected chi connectivity index (χ4v) is 2.19. The Morgan fingerprint density at radius 2 is 2.07 bits per heavy atom. The van der Waals surface area contributed by atoms with Crippen LogP contribution < -0.4 is 11.1 Å². The summed E-state index contributed by atoms with van der Waals surface area (Å²) in [7, 11) is 0. The molecule has 0 spiro atoms. The average Bonchev–Trinajstić information content (AvgIpc) is 2.10. The average molecular weight is 212 g/mol. The van der Waals surface area contributed by atoms with Crippen molar-refractivity contribution in [2.24, 2.45) is 5.73 Å². The summed E-state index contributed by atoms with van der Waals surface area (Å²) in [6.07, 6.45) is 6.15. The summed E-state index contributed by atoms with van der Waals surface area (Å²) >= 11 is 0. The summed E-state index contributed by atoms with van der Waals surface area (Å²) in [5.74, 6) is 0.0194. The van der Waals surface area contributed by atoms with Crippen molar-refractivity contribution in [2.45, 2.75) is 70.4 Å². The van der Waals surface area contributed by atoms with E-state index in [0.717, 1.165) is 32.1 Å². The highest BCUT2D eigenvalue weighted by atomic mass is 16.2. The summed E-state index contributed by atoms with van der Waals surface area (Å²) < 4.78 is 0. The molecule has 3 nitrogen and oxygen atoms in total. The van der Waals surface area contributed by atoms with Gasteiger partial charge in [-0.1, -0.05) is 20.3 Å². The van der Waals surface area contributed by atoms with E-state index < -0.39 is 5.54 Å². The smallest absolute Gasteiger partial charge is 0.240 e. The van der Waals surface area contributed by atoms with Gasteiger partial charge in [0.2, 0.25) is 5.91 Å². The van der Waals surface area contributed by atoms with Gasteiger partial charge in [0.15, 0.2) is 0 Å². The van der Waals surface area contributed by atoms with Crippen LogP contribution >= 0.6 is 0 Å². The highest BCUT2D eigenvalue weighted by Gasteiger charge is 2.39. The summed E-state index contributed by atoms with van der Waals surface area (Å²) in [6, 6.07) is 0. The second kappa shape index (κ2) is 4.52. The van der Waals surface area contributed by atoms with E-state index in [4.69, 9.17) is 5.73 Å². The van der Waals surface area contributed by atoms with Crippen LogP contribution in [0, 0.1) is 0 Å². The SMILES string of the molecule is CCCC(C)(N)C(=O)NC1(CC)CCC1. The first-order valence-corrected chi connectivity index (χ1v) is 6.07. The molecule has 0 aromatic heterocycles. The molecule has 0 radical (unpaired) electrons. The molecule has 1 rings (SSSR count). The molecule has 1 amide bonds. The van der Waals surface area contributed by atoms with E-state index in [0.29, 0.717) is 0 Å². The molecule has 0 aromatic rings. The number of hydrogen-bond acceptors (Lipinski definition) is 2. The molecular formula is C12H24N2O. The number of carbonyl (C=O) groups is 1. The van der Waals surface area contributed by atoms with Crippen molar-refractivity contribution in [3.05, 3.63) is 0 Å². The Labute approximate surface area is 92.8 Å². The maximum Gasteiger partial charge on any atom is 0.240 e. The van der Waals surface area contributed by atoms with E-state index in [2.05, 4.69) is 19.2 Å². The summed E-state index contributed by atoms with van der Waals surface area (Å²) in [4.78, 5) is 12.0. The van der Waals surface area contributed by atoms with Crippen LogP contribution in [0.1, 0.15) is 59.3 Å². The third-order valence-electron chi connectivity index (χ3n) is 3.65. The minimum absolute atomic E-state index is 0.0194. The number of nitrogens with two attached hydrogens (primary N) is 1. The van der Waals surface area contributed by atoms with Crippen LogP contribution in [0.2, 0.25) is 0 Å². The lowest BCUT2D eigenvalue weighted by Gasteiger charge is -2.43. The van der Waals surface area contributed by atoms with Crippen molar-refractivity contribution in [1.82, 2.24) is 5.32 Å². The monoisotopic (exact) mass is 212 g/mol. The molecule has 0 bridgehead atoms. The Morgan fingerprint density at radius 1 is 1.47 bits per heavy atom. The minimum Gasteiger partial charge on any atom is -0.349 e. The van der Waals surface area contributed by atoms with Gasteiger partial charge in [-0.15, -0.1) is 0 Å². The van der Waals surface area contributed by atoms with Crippen LogP contribution in [0.25, 0.3) is 0 Å². The third kappa shape index (κ3) is 2.71. The van der Waals surface area contributed by atoms with Gasteiger partial charge in [-0.25, -0.2) is 0 Å². The Hall–Kier alpha value is -0.570. The molecule has 1 fully saturated rings. The zero-order valence-electron chi connectivity index (χ0n) is 10.2. The van der Waals surface area contributed by atoms with Gasteiger partial charge in [0.25, 0.3) is 0 Å². The number of hydrogen-bond donors (Lipinski definition) is 2. The van der Waals surface area contributed by atoms with Gasteiger partial charge in [0.1, 0.15) is 0 Å². The first-order chi connectivity index (χ1) is 6.96. The first kappa shape index (κ1) is 12.5. The molecule has 0 aromatic carbocycles. The van der Waals surface area contributed by atoms with Crippen LogP contribution in [0.3, 0.4) is 0 Å². The van der Waals surface area contributed by atoms with E-state index in [1.54, 1.807) is 0 Å². The maximum absolute atomic E-state index is 12.0. The van der Waals surface area contributed by atoms with Crippen LogP contribution in [0.15, 0.2) is 0 Å². The van der Waals surface area contributed by atoms with Gasteiger partial charge in [0.05, 0.1) is 5.54 Å². The standard InChI is InChI=1S/C12H24N2O/c1-4-7-11(3,13)10(15)14-12(5-2)8-6-9-12/h4-9,13H2,1-3H3,(H,14,15). The lowest BCUT2D eigenvalue weighted by Crippen LogP contribution is -2.61. The maximum atomic E-state index is 12.0. The predicted octanol–water partition coefficient (Wildman–Crippen LogP) is 1.95. The quantitative estimate of drug-likeness (QED) is 0.732. The lowest BCUT2D eigenvalue weighted by molar-refractivity contribution is -0.129. The summed E-state index contributed by atoms with van der Waals surface area (Å²) in [6.45, 7) is 6.01. The Bertz CT molecular complexity index is 226. The lowest BCUT2D eigenvalue weighted by atomic mass is 9.74. The van der Waals surface area contributed by atoms with Crippen LogP contribution in [0.5, 0.6) is 0 Å². The molecule has 15 heavy (non-hydrogen) atoms. The second-order valence-electron chi connectivity index (χ2n) is 5.11. The molecule has 0 heterocycles. The second-order valence-corrected chi connectivity index (χ2v) is 5.11. The van der Waals surface area contributed by atoms with Gasteiger partial charge < -0.3 is 11.1 Å². The van der Waals surface area contributed by atoms with Gasteiger partial charge >= 0.3 is 0 Å². The Morgan fingerprint density at radius 3 is 2.40 bits per heavy atom. The number of rotatable bonds is 5. The van der Waals surface area contributed by atoms with Crippen LogP contribution in [-0.4, -0.2) is 17.0 Å². The number of amides is 1. The molecule has 1 aliphatic rings. The minimum atomic E-state index is -0.702. The largest absolute Gasteiger partial charge is 0.349 e. The molecule has 1 unspecified atom stereocenters. The molecule has 0 saturated heterocycles. The molecule has 1 atom stereocenters. The van der Waals surface area contributed by atoms with E-state index in [9.17, 15) is 4.79 Å². The number of carbonyl (C=O) groups excluding carboxylic acids is 1. The fraction of sp³-hybridized carbons (Fsp3) is 0.917. The van der Waals surface area contributed by atoms with Crippen LogP contribution in [0.4, 0.5) is 0 Å². The topological polar surface area (TPSA) is 55.1 Å². The normalized spacial score (nSPS) is 22.7. The molecule has 0 aliphatic heterocycles. The van der Waals surface area contributed by atoms with E-state index in [1.165, 1.54) is 6.42 Å². The zero-order valence-corrected chi connectivity index (χ0v) is 10.2. The van der Waals surface area contributed by atoms with Crippen molar-refractivity contribution in [3.8, 4) is 0 Å². The Balaban J connectivity index is 2.54. The summed E-state index contributed by atoms with van der Waals surface area (Å²) in [5.41, 5.74) is 5.36. The molecule has 1 saturated carbocycles. The van der Waals surface area contributed by atoms with Gasteiger partial charge in [0, 0.05) is 5.54 Å². The summed E-state index contributed by atoms with van der Waals surface area (Å²) in [5, 5.41) is 3.14. The van der Waals surface area contributed by atoms with Crippen molar-refractivity contribution in [2.75, 3.05) is 0 Å². The third-order valence-corrected chi connectivity index (χ3v) is 3.65. The molecule has 1 aliphatic carbocycles. The van der Waals surface area contributed by atoms with E-state index in [-0.39, 0.29) is 11.4 Å². The van der Waals surface area contributed by atoms with Crippen molar-refractivity contribution in [1.29, 1.82) is 0 Å². The van der Waals surface area contributed by atoms with Gasteiger partial charge in [-0.3, -0.25) is 4.79 Å². The highest BCUT2D eigenvalue weighted by Crippen LogP contribution is 2.35. The Kier molecular flexibility index (Phi) is 3.77. The molecule has 3 heteroatoms. The van der Waals surface area contributed by atoms with Crippen LogP contribution in [-0.2, 0) is 4.79 Å². The molecule has 3 N–H and O–H groups in total. The molecular weight excluding hydrogens is 188 g/mol. The van der Waals surface area contributed by atoms with E-state index >= 15 is 0 Å². The molecule has 88 valence electrons. The van der Waals surface area contributed by atoms with Gasteiger partial charge in [-0.2, -0.15) is 0 Å². The predicted molar refractivity (Wildman–Crippen MR) is 62.5 cm³/mol. The zero-order chi connectivity index (χ0) is 11.5. The van der Waals surface area contributed by atoms with Crippen molar-refractivity contribution in [3.63, 3.8) is 0 Å². The van der Waals surface area contributed by atoms with E-state index in [1.807, 2.05) is 6.92 Å². The first-order valence-electron chi connectivity index (χ1n) is 6.07. The highest BCUT2D eigenvalue weighted by molar-refractivity contribution is 5.86.